The van der Waals surface area contributed by atoms with E-state index in [1.165, 1.54) is 0 Å². The number of aryl methyl sites for hydroxylation is 1. The third kappa shape index (κ3) is 6.25. The van der Waals surface area contributed by atoms with Crippen molar-refractivity contribution in [3.8, 4) is 17.1 Å². The first-order chi connectivity index (χ1) is 16.0. The van der Waals surface area contributed by atoms with Gasteiger partial charge >= 0.3 is 0 Å². The summed E-state index contributed by atoms with van der Waals surface area (Å²) in [6.45, 7) is 3.80. The van der Waals surface area contributed by atoms with E-state index in [4.69, 9.17) is 32.5 Å². The smallest absolute Gasteiger partial charge is 0.226 e. The molecule has 0 unspecified atom stereocenters. The van der Waals surface area contributed by atoms with Crippen molar-refractivity contribution >= 4 is 29.1 Å². The molecular weight excluding hydrogens is 463 g/mol. The first kappa shape index (κ1) is 23.5. The molecule has 0 atom stereocenters. The number of rotatable bonds is 8. The molecule has 1 aromatic heterocycles. The standard InChI is InChI=1S/C24H26Cl2N4O3/c1-32-21-10-9-20(26)15-18(21)16-29-11-13-30(14-12-29)23(31)4-2-3-22-27-24(28-33-22)17-5-7-19(25)8-6-17/h5-10,15H,2-4,11-14,16H2,1H3. The Morgan fingerprint density at radius 2 is 1.79 bits per heavy atom. The van der Waals surface area contributed by atoms with Gasteiger partial charge in [-0.15, -0.1) is 0 Å². The summed E-state index contributed by atoms with van der Waals surface area (Å²) < 4.78 is 10.8. The molecule has 2 heterocycles. The van der Waals surface area contributed by atoms with Crippen molar-refractivity contribution < 1.29 is 14.1 Å². The molecule has 4 rings (SSSR count). The van der Waals surface area contributed by atoms with Crippen molar-refractivity contribution in [3.05, 3.63) is 64.0 Å². The fourth-order valence-electron chi connectivity index (χ4n) is 3.89. The zero-order valence-electron chi connectivity index (χ0n) is 18.5. The van der Waals surface area contributed by atoms with Crippen molar-refractivity contribution in [3.63, 3.8) is 0 Å². The fraction of sp³-hybridized carbons (Fsp3) is 0.375. The van der Waals surface area contributed by atoms with Gasteiger partial charge in [0.05, 0.1) is 7.11 Å². The van der Waals surface area contributed by atoms with E-state index in [0.29, 0.717) is 54.1 Å². The van der Waals surface area contributed by atoms with Gasteiger partial charge in [0, 0.05) is 66.7 Å². The van der Waals surface area contributed by atoms with E-state index in [0.717, 1.165) is 36.5 Å². The molecular formula is C24H26Cl2N4O3. The third-order valence-corrected chi connectivity index (χ3v) is 6.20. The molecule has 1 saturated heterocycles. The Balaban J connectivity index is 1.21. The lowest BCUT2D eigenvalue weighted by Crippen LogP contribution is -2.48. The molecule has 7 nitrogen and oxygen atoms in total. The Kier molecular flexibility index (Phi) is 7.85. The summed E-state index contributed by atoms with van der Waals surface area (Å²) >= 11 is 12.1. The summed E-state index contributed by atoms with van der Waals surface area (Å²) in [6.07, 6.45) is 1.70. The third-order valence-electron chi connectivity index (χ3n) is 5.71. The minimum absolute atomic E-state index is 0.160. The van der Waals surface area contributed by atoms with Crippen LogP contribution in [0.4, 0.5) is 0 Å². The molecule has 1 aliphatic rings. The van der Waals surface area contributed by atoms with Crippen LogP contribution in [-0.4, -0.2) is 59.1 Å². The summed E-state index contributed by atoms with van der Waals surface area (Å²) in [5.41, 5.74) is 1.90. The van der Waals surface area contributed by atoms with Gasteiger partial charge in [-0.25, -0.2) is 0 Å². The number of piperazine rings is 1. The molecule has 3 aromatic rings. The summed E-state index contributed by atoms with van der Waals surface area (Å²) in [7, 11) is 1.66. The minimum atomic E-state index is 0.160. The lowest BCUT2D eigenvalue weighted by Gasteiger charge is -2.35. The molecule has 0 saturated carbocycles. The summed E-state index contributed by atoms with van der Waals surface area (Å²) in [6, 6.07) is 12.9. The maximum absolute atomic E-state index is 12.6. The number of hydrogen-bond donors (Lipinski definition) is 0. The second-order valence-electron chi connectivity index (χ2n) is 7.99. The summed E-state index contributed by atoms with van der Waals surface area (Å²) in [5, 5.41) is 5.37. The largest absolute Gasteiger partial charge is 0.496 e. The number of nitrogens with zero attached hydrogens (tertiary/aromatic N) is 4. The number of methoxy groups -OCH3 is 1. The maximum Gasteiger partial charge on any atom is 0.226 e. The Morgan fingerprint density at radius 3 is 2.52 bits per heavy atom. The lowest BCUT2D eigenvalue weighted by atomic mass is 10.1. The molecule has 0 radical (unpaired) electrons. The first-order valence-corrected chi connectivity index (χ1v) is 11.7. The highest BCUT2D eigenvalue weighted by Gasteiger charge is 2.22. The van der Waals surface area contributed by atoms with Gasteiger partial charge in [-0.3, -0.25) is 9.69 Å². The number of benzene rings is 2. The van der Waals surface area contributed by atoms with Gasteiger partial charge in [-0.2, -0.15) is 4.98 Å². The Hall–Kier alpha value is -2.61. The average molecular weight is 489 g/mol. The average Bonchev–Trinajstić information content (AvgIpc) is 3.29. The van der Waals surface area contributed by atoms with E-state index in [-0.39, 0.29) is 5.91 Å². The first-order valence-electron chi connectivity index (χ1n) is 10.9. The normalized spacial score (nSPS) is 14.5. The second-order valence-corrected chi connectivity index (χ2v) is 8.86. The van der Waals surface area contributed by atoms with Crippen LogP contribution in [0.3, 0.4) is 0 Å². The van der Waals surface area contributed by atoms with E-state index in [2.05, 4.69) is 15.0 Å². The van der Waals surface area contributed by atoms with Crippen LogP contribution in [0.25, 0.3) is 11.4 Å². The SMILES string of the molecule is COc1ccc(Cl)cc1CN1CCN(C(=O)CCCc2nc(-c3ccc(Cl)cc3)no2)CC1. The van der Waals surface area contributed by atoms with E-state index in [1.807, 2.05) is 35.2 Å². The van der Waals surface area contributed by atoms with E-state index in [1.54, 1.807) is 19.2 Å². The Labute approximate surface area is 203 Å². The van der Waals surface area contributed by atoms with Gasteiger partial charge < -0.3 is 14.2 Å². The molecule has 1 aliphatic heterocycles. The van der Waals surface area contributed by atoms with Crippen molar-refractivity contribution in [2.75, 3.05) is 33.3 Å². The van der Waals surface area contributed by atoms with Crippen LogP contribution in [0.2, 0.25) is 10.0 Å². The monoisotopic (exact) mass is 488 g/mol. The summed E-state index contributed by atoms with van der Waals surface area (Å²) in [5.74, 6) is 2.05. The quantitative estimate of drug-likeness (QED) is 0.456. The second kappa shape index (κ2) is 11.0. The van der Waals surface area contributed by atoms with Crippen LogP contribution in [0, 0.1) is 0 Å². The molecule has 174 valence electrons. The van der Waals surface area contributed by atoms with Crippen molar-refractivity contribution in [1.29, 1.82) is 0 Å². The van der Waals surface area contributed by atoms with Crippen LogP contribution < -0.4 is 4.74 Å². The number of carbonyl (C=O) groups is 1. The van der Waals surface area contributed by atoms with Gasteiger partial charge in [0.15, 0.2) is 0 Å². The minimum Gasteiger partial charge on any atom is -0.496 e. The number of hydrogen-bond acceptors (Lipinski definition) is 6. The molecule has 2 aromatic carbocycles. The van der Waals surface area contributed by atoms with Crippen molar-refractivity contribution in [2.24, 2.45) is 0 Å². The van der Waals surface area contributed by atoms with Crippen LogP contribution in [0.5, 0.6) is 5.75 Å². The zero-order valence-corrected chi connectivity index (χ0v) is 20.0. The molecule has 0 spiro atoms. The Morgan fingerprint density at radius 1 is 1.06 bits per heavy atom. The number of ether oxygens (including phenoxy) is 1. The Bertz CT molecular complexity index is 1080. The molecule has 0 aliphatic carbocycles. The van der Waals surface area contributed by atoms with E-state index >= 15 is 0 Å². The van der Waals surface area contributed by atoms with E-state index in [9.17, 15) is 4.79 Å². The van der Waals surface area contributed by atoms with Gasteiger partial charge in [-0.1, -0.05) is 28.4 Å². The van der Waals surface area contributed by atoms with Crippen LogP contribution in [-0.2, 0) is 17.8 Å². The highest BCUT2D eigenvalue weighted by molar-refractivity contribution is 6.30. The maximum atomic E-state index is 12.6. The highest BCUT2D eigenvalue weighted by Crippen LogP contribution is 2.24. The molecule has 33 heavy (non-hydrogen) atoms. The number of amides is 1. The number of aromatic nitrogens is 2. The highest BCUT2D eigenvalue weighted by atomic mass is 35.5. The number of halogens is 2. The predicted molar refractivity (Wildman–Crippen MR) is 128 cm³/mol. The van der Waals surface area contributed by atoms with Gasteiger partial charge in [0.2, 0.25) is 17.6 Å². The lowest BCUT2D eigenvalue weighted by molar-refractivity contribution is -0.133. The van der Waals surface area contributed by atoms with Crippen LogP contribution in [0.1, 0.15) is 24.3 Å². The fourth-order valence-corrected chi connectivity index (χ4v) is 4.21. The molecule has 1 fully saturated rings. The molecule has 9 heteroatoms. The van der Waals surface area contributed by atoms with Crippen molar-refractivity contribution in [1.82, 2.24) is 19.9 Å². The van der Waals surface area contributed by atoms with Gasteiger partial charge in [-0.05, 0) is 48.9 Å². The van der Waals surface area contributed by atoms with Crippen molar-refractivity contribution in [2.45, 2.75) is 25.8 Å². The van der Waals surface area contributed by atoms with E-state index < -0.39 is 0 Å². The van der Waals surface area contributed by atoms with Gasteiger partial charge in [0.25, 0.3) is 0 Å². The van der Waals surface area contributed by atoms with Crippen LogP contribution in [0.15, 0.2) is 47.0 Å². The zero-order chi connectivity index (χ0) is 23.2. The predicted octanol–water partition coefficient (Wildman–Crippen LogP) is 4.72. The topological polar surface area (TPSA) is 71.7 Å². The van der Waals surface area contributed by atoms with Gasteiger partial charge in [0.1, 0.15) is 5.75 Å². The molecule has 0 N–H and O–H groups in total. The van der Waals surface area contributed by atoms with Crippen LogP contribution >= 0.6 is 23.2 Å². The number of carbonyl (C=O) groups excluding carboxylic acids is 1. The molecule has 1 amide bonds. The molecule has 0 bridgehead atoms. The summed E-state index contributed by atoms with van der Waals surface area (Å²) in [4.78, 5) is 21.3.